The van der Waals surface area contributed by atoms with Crippen LogP contribution < -0.4 is 5.32 Å². The quantitative estimate of drug-likeness (QED) is 0.860. The smallest absolute Gasteiger partial charge is 0.154 e. The van der Waals surface area contributed by atoms with E-state index in [1.54, 1.807) is 4.68 Å². The molecule has 0 aliphatic rings. The monoisotopic (exact) mass is 268 g/mol. The molecule has 1 aromatic rings. The van der Waals surface area contributed by atoms with Crippen molar-refractivity contribution in [2.75, 3.05) is 0 Å². The number of hydrogen-bond acceptors (Lipinski definition) is 4. The van der Waals surface area contributed by atoms with Crippen LogP contribution in [0.25, 0.3) is 0 Å². The van der Waals surface area contributed by atoms with Gasteiger partial charge < -0.3 is 5.32 Å². The van der Waals surface area contributed by atoms with Crippen molar-refractivity contribution in [1.82, 2.24) is 20.3 Å². The summed E-state index contributed by atoms with van der Waals surface area (Å²) in [4.78, 5) is 11.2. The van der Waals surface area contributed by atoms with Crippen LogP contribution in [0.3, 0.4) is 0 Å². The van der Waals surface area contributed by atoms with E-state index in [0.717, 1.165) is 11.6 Å². The second kappa shape index (κ2) is 9.67. The molecule has 1 N–H and O–H groups in total. The number of nitrogens with zero attached hydrogens (tertiary/aromatic N) is 3. The second-order valence-electron chi connectivity index (χ2n) is 5.57. The highest BCUT2D eigenvalue weighted by Gasteiger charge is 2.04. The molecule has 0 atom stereocenters. The molecule has 19 heavy (non-hydrogen) atoms. The van der Waals surface area contributed by atoms with E-state index in [9.17, 15) is 4.79 Å². The third-order valence-electron chi connectivity index (χ3n) is 2.01. The molecule has 0 aliphatic carbocycles. The number of carbonyl (C=O) groups is 1. The van der Waals surface area contributed by atoms with E-state index in [2.05, 4.69) is 50.2 Å². The Labute approximate surface area is 116 Å². The van der Waals surface area contributed by atoms with Crippen molar-refractivity contribution in [3.05, 3.63) is 11.9 Å². The van der Waals surface area contributed by atoms with Crippen LogP contribution in [-0.4, -0.2) is 26.8 Å². The molecule has 0 fully saturated rings. The summed E-state index contributed by atoms with van der Waals surface area (Å²) in [6.45, 7) is 13.5. The lowest BCUT2D eigenvalue weighted by Gasteiger charge is -2.04. The zero-order valence-electron chi connectivity index (χ0n) is 13.1. The predicted octanol–water partition coefficient (Wildman–Crippen LogP) is 2.42. The van der Waals surface area contributed by atoms with Crippen molar-refractivity contribution >= 4 is 5.78 Å². The number of nitrogens with one attached hydrogen (secondary N) is 1. The molecule has 0 saturated heterocycles. The van der Waals surface area contributed by atoms with Gasteiger partial charge in [-0.3, -0.25) is 4.79 Å². The minimum absolute atomic E-state index is 0.170. The lowest BCUT2D eigenvalue weighted by molar-refractivity contribution is -0.119. The molecular formula is C14H28N4O. The van der Waals surface area contributed by atoms with Crippen molar-refractivity contribution in [3.8, 4) is 0 Å². The average molecular weight is 268 g/mol. The molecule has 0 radical (unpaired) electrons. The Kier molecular flexibility index (Phi) is 9.04. The topological polar surface area (TPSA) is 59.8 Å². The zero-order chi connectivity index (χ0) is 14.8. The van der Waals surface area contributed by atoms with Crippen molar-refractivity contribution in [1.29, 1.82) is 0 Å². The van der Waals surface area contributed by atoms with Crippen LogP contribution in [0.5, 0.6) is 0 Å². The third-order valence-corrected chi connectivity index (χ3v) is 2.01. The minimum atomic E-state index is 0.170. The molecular weight excluding hydrogens is 240 g/mol. The van der Waals surface area contributed by atoms with E-state index in [0.29, 0.717) is 25.6 Å². The van der Waals surface area contributed by atoms with Crippen molar-refractivity contribution in [2.45, 2.75) is 67.1 Å². The third kappa shape index (κ3) is 10.4. The first kappa shape index (κ1) is 17.8. The molecule has 0 unspecified atom stereocenters. The van der Waals surface area contributed by atoms with Gasteiger partial charge in [0.15, 0.2) is 5.78 Å². The van der Waals surface area contributed by atoms with Crippen LogP contribution >= 0.6 is 0 Å². The number of Topliss-reactive ketones (excluding diaryl/α,β-unsaturated/α-hetero) is 1. The van der Waals surface area contributed by atoms with Gasteiger partial charge in [0.2, 0.25) is 0 Å². The maximum atomic E-state index is 11.2. The Morgan fingerprint density at radius 2 is 1.89 bits per heavy atom. The van der Waals surface area contributed by atoms with Crippen LogP contribution in [-0.2, 0) is 17.9 Å². The summed E-state index contributed by atoms with van der Waals surface area (Å²) in [5.74, 6) is 1.00. The van der Waals surface area contributed by atoms with E-state index < -0.39 is 0 Å². The number of ketones is 1. The van der Waals surface area contributed by atoms with Gasteiger partial charge >= 0.3 is 0 Å². The van der Waals surface area contributed by atoms with Crippen LogP contribution in [0.15, 0.2) is 6.20 Å². The fraction of sp³-hybridized carbons (Fsp3) is 0.786. The first-order valence-corrected chi connectivity index (χ1v) is 6.99. The standard InChI is InChI=1S/C10H18N4O.C4H10/c1-4-10(15)7-14-6-9(12-13-14)5-11-8(2)3;1-4(2)3/h6,8,11H,4-5,7H2,1-3H3;4H,1-3H3. The van der Waals surface area contributed by atoms with E-state index in [1.807, 2.05) is 13.1 Å². The molecule has 0 spiro atoms. The molecule has 5 heteroatoms. The highest BCUT2D eigenvalue weighted by atomic mass is 16.1. The Balaban J connectivity index is 0.000000711. The average Bonchev–Trinajstić information content (AvgIpc) is 2.73. The highest BCUT2D eigenvalue weighted by Crippen LogP contribution is 1.95. The first-order chi connectivity index (χ1) is 8.85. The molecule has 0 aliphatic heterocycles. The number of rotatable bonds is 6. The van der Waals surface area contributed by atoms with Gasteiger partial charge in [0.1, 0.15) is 6.54 Å². The molecule has 5 nitrogen and oxygen atoms in total. The number of carbonyl (C=O) groups excluding carboxylic acids is 1. The van der Waals surface area contributed by atoms with Crippen LogP contribution in [0, 0.1) is 5.92 Å². The van der Waals surface area contributed by atoms with Gasteiger partial charge in [-0.25, -0.2) is 4.68 Å². The molecule has 0 amide bonds. The first-order valence-electron chi connectivity index (χ1n) is 6.99. The Morgan fingerprint density at radius 3 is 2.37 bits per heavy atom. The number of hydrogen-bond donors (Lipinski definition) is 1. The molecule has 0 saturated carbocycles. The summed E-state index contributed by atoms with van der Waals surface area (Å²) in [6, 6.07) is 0.424. The second-order valence-corrected chi connectivity index (χ2v) is 5.57. The minimum Gasteiger partial charge on any atom is -0.309 e. The fourth-order valence-electron chi connectivity index (χ4n) is 1.10. The Hall–Kier alpha value is -1.23. The SMILES string of the molecule is CC(C)C.CCC(=O)Cn1cc(CNC(C)C)nn1. The van der Waals surface area contributed by atoms with Gasteiger partial charge in [-0.15, -0.1) is 5.10 Å². The van der Waals surface area contributed by atoms with E-state index >= 15 is 0 Å². The van der Waals surface area contributed by atoms with Gasteiger partial charge in [0.25, 0.3) is 0 Å². The lowest BCUT2D eigenvalue weighted by atomic mass is 10.3. The van der Waals surface area contributed by atoms with Crippen molar-refractivity contribution < 1.29 is 4.79 Å². The zero-order valence-corrected chi connectivity index (χ0v) is 13.1. The molecule has 1 aromatic heterocycles. The molecule has 110 valence electrons. The fourth-order valence-corrected chi connectivity index (χ4v) is 1.10. The largest absolute Gasteiger partial charge is 0.309 e. The summed E-state index contributed by atoms with van der Waals surface area (Å²) in [5.41, 5.74) is 0.868. The normalized spacial score (nSPS) is 10.5. The summed E-state index contributed by atoms with van der Waals surface area (Å²) in [7, 11) is 0. The van der Waals surface area contributed by atoms with Crippen LogP contribution in [0.1, 0.15) is 53.7 Å². The van der Waals surface area contributed by atoms with Gasteiger partial charge in [-0.2, -0.15) is 0 Å². The molecule has 1 heterocycles. The summed E-state index contributed by atoms with van der Waals surface area (Å²) in [5, 5.41) is 11.1. The Bertz CT molecular complexity index is 355. The lowest BCUT2D eigenvalue weighted by Crippen LogP contribution is -2.21. The highest BCUT2D eigenvalue weighted by molar-refractivity contribution is 5.77. The van der Waals surface area contributed by atoms with Gasteiger partial charge in [0, 0.05) is 19.0 Å². The van der Waals surface area contributed by atoms with Gasteiger partial charge in [0.05, 0.1) is 11.9 Å². The molecule has 0 aromatic carbocycles. The predicted molar refractivity (Wildman–Crippen MR) is 77.8 cm³/mol. The van der Waals surface area contributed by atoms with E-state index in [4.69, 9.17) is 0 Å². The van der Waals surface area contributed by atoms with E-state index in [1.165, 1.54) is 0 Å². The summed E-state index contributed by atoms with van der Waals surface area (Å²) >= 11 is 0. The van der Waals surface area contributed by atoms with Crippen LogP contribution in [0.4, 0.5) is 0 Å². The summed E-state index contributed by atoms with van der Waals surface area (Å²) in [6.07, 6.45) is 2.35. The maximum Gasteiger partial charge on any atom is 0.154 e. The maximum absolute atomic E-state index is 11.2. The van der Waals surface area contributed by atoms with Gasteiger partial charge in [-0.05, 0) is 5.92 Å². The van der Waals surface area contributed by atoms with Gasteiger partial charge in [-0.1, -0.05) is 46.8 Å². The summed E-state index contributed by atoms with van der Waals surface area (Å²) < 4.78 is 1.59. The number of aromatic nitrogens is 3. The molecule has 0 bridgehead atoms. The van der Waals surface area contributed by atoms with Crippen molar-refractivity contribution in [2.24, 2.45) is 5.92 Å². The molecule has 1 rings (SSSR count). The Morgan fingerprint density at radius 1 is 1.32 bits per heavy atom. The van der Waals surface area contributed by atoms with Crippen LogP contribution in [0.2, 0.25) is 0 Å². The van der Waals surface area contributed by atoms with Crippen molar-refractivity contribution in [3.63, 3.8) is 0 Å². The van der Waals surface area contributed by atoms with E-state index in [-0.39, 0.29) is 5.78 Å².